The number of hydrogen-bond acceptors (Lipinski definition) is 4. The summed E-state index contributed by atoms with van der Waals surface area (Å²) in [6.45, 7) is 8.22. The lowest BCUT2D eigenvalue weighted by atomic mass is 9.86. The quantitative estimate of drug-likeness (QED) is 0.157. The highest BCUT2D eigenvalue weighted by Gasteiger charge is 2.22. The topological polar surface area (TPSA) is 90.9 Å². The normalized spacial score (nSPS) is 14.8. The van der Waals surface area contributed by atoms with Crippen LogP contribution in [0.5, 0.6) is 0 Å². The van der Waals surface area contributed by atoms with Crippen LogP contribution in [0, 0.1) is 11.3 Å². The SMILES string of the molecule is CCC(CCO)CNCCCC(C)(C)C(N)=NO. The van der Waals surface area contributed by atoms with E-state index in [1.807, 2.05) is 13.8 Å². The van der Waals surface area contributed by atoms with Crippen LogP contribution < -0.4 is 11.1 Å². The van der Waals surface area contributed by atoms with Gasteiger partial charge in [0.2, 0.25) is 0 Å². The minimum absolute atomic E-state index is 0.258. The third-order valence-corrected chi connectivity index (χ3v) is 3.50. The number of amidine groups is 1. The maximum Gasteiger partial charge on any atom is 0.144 e. The molecular formula is C13H29N3O2. The van der Waals surface area contributed by atoms with Crippen LogP contribution in [0.3, 0.4) is 0 Å². The van der Waals surface area contributed by atoms with Crippen molar-refractivity contribution >= 4 is 5.84 Å². The Hall–Kier alpha value is -0.810. The van der Waals surface area contributed by atoms with Gasteiger partial charge in [-0.15, -0.1) is 0 Å². The van der Waals surface area contributed by atoms with E-state index in [-0.39, 0.29) is 17.9 Å². The number of hydrogen-bond donors (Lipinski definition) is 4. The molecule has 0 fully saturated rings. The second-order valence-electron chi connectivity index (χ2n) is 5.46. The molecule has 0 aliphatic carbocycles. The van der Waals surface area contributed by atoms with Crippen LogP contribution in [-0.4, -0.2) is 35.8 Å². The summed E-state index contributed by atoms with van der Waals surface area (Å²) < 4.78 is 0. The van der Waals surface area contributed by atoms with Gasteiger partial charge in [-0.3, -0.25) is 0 Å². The van der Waals surface area contributed by atoms with Crippen molar-refractivity contribution in [3.63, 3.8) is 0 Å². The van der Waals surface area contributed by atoms with Gasteiger partial charge in [-0.25, -0.2) is 0 Å². The number of oxime groups is 1. The number of rotatable bonds is 10. The minimum Gasteiger partial charge on any atom is -0.409 e. The van der Waals surface area contributed by atoms with Crippen LogP contribution >= 0.6 is 0 Å². The van der Waals surface area contributed by atoms with E-state index in [1.165, 1.54) is 0 Å². The van der Waals surface area contributed by atoms with Crippen LogP contribution in [0.1, 0.15) is 46.5 Å². The first-order chi connectivity index (χ1) is 8.47. The molecule has 5 N–H and O–H groups in total. The van der Waals surface area contributed by atoms with Crippen molar-refractivity contribution in [1.29, 1.82) is 0 Å². The van der Waals surface area contributed by atoms with Crippen LogP contribution in [-0.2, 0) is 0 Å². The van der Waals surface area contributed by atoms with Gasteiger partial charge in [-0.1, -0.05) is 32.3 Å². The molecule has 0 amide bonds. The lowest BCUT2D eigenvalue weighted by Crippen LogP contribution is -2.33. The highest BCUT2D eigenvalue weighted by Crippen LogP contribution is 2.21. The molecule has 0 bridgehead atoms. The second-order valence-corrected chi connectivity index (χ2v) is 5.46. The molecule has 0 aliphatic rings. The van der Waals surface area contributed by atoms with Gasteiger partial charge in [0.1, 0.15) is 5.84 Å². The number of nitrogens with one attached hydrogen (secondary N) is 1. The molecule has 0 aromatic heterocycles. The molecule has 0 saturated carbocycles. The molecule has 1 atom stereocenters. The maximum atomic E-state index is 8.89. The first kappa shape index (κ1) is 17.2. The highest BCUT2D eigenvalue weighted by molar-refractivity contribution is 5.85. The fraction of sp³-hybridized carbons (Fsp3) is 0.923. The second kappa shape index (κ2) is 9.16. The van der Waals surface area contributed by atoms with Crippen molar-refractivity contribution < 1.29 is 10.3 Å². The first-order valence-corrected chi connectivity index (χ1v) is 6.77. The molecule has 0 aliphatic heterocycles. The Labute approximate surface area is 110 Å². The number of nitrogens with two attached hydrogens (primary N) is 1. The average molecular weight is 259 g/mol. The summed E-state index contributed by atoms with van der Waals surface area (Å²) in [5.41, 5.74) is 5.37. The Morgan fingerprint density at radius 1 is 1.44 bits per heavy atom. The first-order valence-electron chi connectivity index (χ1n) is 6.77. The van der Waals surface area contributed by atoms with E-state index in [4.69, 9.17) is 16.0 Å². The zero-order valence-electron chi connectivity index (χ0n) is 11.9. The lowest BCUT2D eigenvalue weighted by Gasteiger charge is -2.23. The molecule has 5 nitrogen and oxygen atoms in total. The van der Waals surface area contributed by atoms with E-state index in [2.05, 4.69) is 17.4 Å². The monoisotopic (exact) mass is 259 g/mol. The maximum absolute atomic E-state index is 8.89. The summed E-state index contributed by atoms with van der Waals surface area (Å²) in [6.07, 6.45) is 3.81. The predicted molar refractivity (Wildman–Crippen MR) is 74.8 cm³/mol. The predicted octanol–water partition coefficient (Wildman–Crippen LogP) is 1.54. The standard InChI is InChI=1S/C13H29N3O2/c1-4-11(6-9-17)10-15-8-5-7-13(2,3)12(14)16-18/h11,15,17-18H,4-10H2,1-3H3,(H2,14,16). The lowest BCUT2D eigenvalue weighted by molar-refractivity contribution is 0.251. The van der Waals surface area contributed by atoms with Crippen LogP contribution in [0.25, 0.3) is 0 Å². The Kier molecular flexibility index (Phi) is 8.75. The summed E-state index contributed by atoms with van der Waals surface area (Å²) in [5, 5.41) is 24.0. The van der Waals surface area contributed by atoms with Crippen LogP contribution in [0.15, 0.2) is 5.16 Å². The Morgan fingerprint density at radius 3 is 2.61 bits per heavy atom. The third-order valence-electron chi connectivity index (χ3n) is 3.50. The van der Waals surface area contributed by atoms with E-state index in [1.54, 1.807) is 0 Å². The summed E-state index contributed by atoms with van der Waals surface area (Å²) in [4.78, 5) is 0. The van der Waals surface area contributed by atoms with Gasteiger partial charge in [0.25, 0.3) is 0 Å². The van der Waals surface area contributed by atoms with Crippen molar-refractivity contribution in [2.24, 2.45) is 22.2 Å². The third kappa shape index (κ3) is 6.81. The molecule has 1 unspecified atom stereocenters. The van der Waals surface area contributed by atoms with Gasteiger partial charge in [-0.05, 0) is 38.3 Å². The number of aliphatic hydroxyl groups is 1. The number of nitrogens with zero attached hydrogens (tertiary/aromatic N) is 1. The summed E-state index contributed by atoms with van der Waals surface area (Å²) >= 11 is 0. The van der Waals surface area contributed by atoms with Crippen molar-refractivity contribution in [3.8, 4) is 0 Å². The van der Waals surface area contributed by atoms with Gasteiger partial charge in [0.05, 0.1) is 0 Å². The molecule has 18 heavy (non-hydrogen) atoms. The Bertz CT molecular complexity index is 242. The van der Waals surface area contributed by atoms with E-state index in [0.717, 1.165) is 38.8 Å². The van der Waals surface area contributed by atoms with Crippen LogP contribution in [0.4, 0.5) is 0 Å². The van der Waals surface area contributed by atoms with E-state index in [9.17, 15) is 0 Å². The van der Waals surface area contributed by atoms with Crippen LogP contribution in [0.2, 0.25) is 0 Å². The van der Waals surface area contributed by atoms with Gasteiger partial charge < -0.3 is 21.4 Å². The Balaban J connectivity index is 3.74. The summed E-state index contributed by atoms with van der Waals surface area (Å²) in [6, 6.07) is 0. The molecule has 0 rings (SSSR count). The van der Waals surface area contributed by atoms with E-state index in [0.29, 0.717) is 5.92 Å². The van der Waals surface area contributed by atoms with E-state index >= 15 is 0 Å². The van der Waals surface area contributed by atoms with Gasteiger partial charge in [0.15, 0.2) is 0 Å². The molecule has 0 spiro atoms. The molecule has 0 aromatic rings. The highest BCUT2D eigenvalue weighted by atomic mass is 16.4. The fourth-order valence-electron chi connectivity index (χ4n) is 1.86. The van der Waals surface area contributed by atoms with Gasteiger partial charge in [0, 0.05) is 12.0 Å². The molecule has 0 saturated heterocycles. The van der Waals surface area contributed by atoms with Crippen molar-refractivity contribution in [1.82, 2.24) is 5.32 Å². The minimum atomic E-state index is -0.258. The van der Waals surface area contributed by atoms with Crippen molar-refractivity contribution in [2.75, 3.05) is 19.7 Å². The zero-order valence-corrected chi connectivity index (χ0v) is 11.9. The van der Waals surface area contributed by atoms with Gasteiger partial charge in [-0.2, -0.15) is 0 Å². The fourth-order valence-corrected chi connectivity index (χ4v) is 1.86. The summed E-state index contributed by atoms with van der Waals surface area (Å²) in [5.74, 6) is 0.835. The van der Waals surface area contributed by atoms with Gasteiger partial charge >= 0.3 is 0 Å². The summed E-state index contributed by atoms with van der Waals surface area (Å²) in [7, 11) is 0. The largest absolute Gasteiger partial charge is 0.409 e. The molecular weight excluding hydrogens is 230 g/mol. The molecule has 5 heteroatoms. The Morgan fingerprint density at radius 2 is 2.11 bits per heavy atom. The molecule has 0 radical (unpaired) electrons. The molecule has 0 heterocycles. The molecule has 0 aromatic carbocycles. The van der Waals surface area contributed by atoms with E-state index < -0.39 is 0 Å². The van der Waals surface area contributed by atoms with Crippen molar-refractivity contribution in [3.05, 3.63) is 0 Å². The number of aliphatic hydroxyl groups excluding tert-OH is 1. The average Bonchev–Trinajstić information content (AvgIpc) is 2.35. The smallest absolute Gasteiger partial charge is 0.144 e. The zero-order chi connectivity index (χ0) is 14.0. The van der Waals surface area contributed by atoms with Crippen molar-refractivity contribution in [2.45, 2.75) is 46.5 Å². The molecule has 108 valence electrons.